The molecule has 0 aromatic carbocycles. The van der Waals surface area contributed by atoms with Crippen LogP contribution in [0.15, 0.2) is 20.0 Å². The third-order valence-electron chi connectivity index (χ3n) is 19.5. The van der Waals surface area contributed by atoms with Gasteiger partial charge in [0.15, 0.2) is 23.8 Å². The molecule has 0 unspecified atom stereocenters. The van der Waals surface area contributed by atoms with Gasteiger partial charge in [0, 0.05) is 65.4 Å². The Bertz CT molecular complexity index is 1770. The quantitative estimate of drug-likeness (QED) is 0.0157. The molecular formula is C63H117F3N14O3. The molecule has 0 spiro atoms. The van der Waals surface area contributed by atoms with Gasteiger partial charge in [0.25, 0.3) is 0 Å². The molecule has 20 heteroatoms. The third kappa shape index (κ3) is 28.1. The lowest BCUT2D eigenvalue weighted by atomic mass is 9.49. The molecule has 478 valence electrons. The van der Waals surface area contributed by atoms with Crippen molar-refractivity contribution in [2.75, 3.05) is 65.4 Å². The molecule has 0 atom stereocenters. The van der Waals surface area contributed by atoms with Crippen molar-refractivity contribution in [3.8, 4) is 0 Å². The van der Waals surface area contributed by atoms with E-state index in [4.69, 9.17) is 54.3 Å². The minimum atomic E-state index is -5.08. The number of alkyl halides is 3. The van der Waals surface area contributed by atoms with E-state index in [0.717, 1.165) is 178 Å². The fraction of sp³-hybridized carbons (Fsp3) is 0.905. The number of hydrogen-bond donors (Lipinski definition) is 9. The number of unbranched alkanes of at least 4 members (excludes halogenated alkanes) is 20. The Morgan fingerprint density at radius 2 is 0.639 bits per heavy atom. The van der Waals surface area contributed by atoms with E-state index in [-0.39, 0.29) is 18.0 Å². The fourth-order valence-electron chi connectivity index (χ4n) is 16.3. The zero-order chi connectivity index (χ0) is 59.8. The maximum absolute atomic E-state index is 14.6. The van der Waals surface area contributed by atoms with E-state index in [1.165, 1.54) is 154 Å². The molecule has 2 amide bonds. The summed E-state index contributed by atoms with van der Waals surface area (Å²) in [6.07, 6.45) is 42.2. The topological polar surface area (TPSA) is 290 Å². The van der Waals surface area contributed by atoms with Crippen molar-refractivity contribution in [1.29, 1.82) is 0 Å². The molecule has 0 aromatic rings. The van der Waals surface area contributed by atoms with Gasteiger partial charge in [-0.1, -0.05) is 103 Å². The van der Waals surface area contributed by atoms with E-state index in [1.807, 2.05) is 0 Å². The summed E-state index contributed by atoms with van der Waals surface area (Å²) in [6.45, 7) is 8.28. The molecule has 8 rings (SSSR count). The largest absolute Gasteiger partial charge is 0.490 e. The van der Waals surface area contributed by atoms with Gasteiger partial charge < -0.3 is 59.9 Å². The van der Waals surface area contributed by atoms with E-state index in [0.29, 0.717) is 35.8 Å². The van der Waals surface area contributed by atoms with Crippen LogP contribution in [0.3, 0.4) is 0 Å². The third-order valence-corrected chi connectivity index (χ3v) is 19.5. The Balaban J connectivity index is 0.00000169. The van der Waals surface area contributed by atoms with Crippen LogP contribution >= 0.6 is 0 Å². The number of hydrogen-bond acceptors (Lipinski definition) is 6. The molecular weight excluding hydrogens is 1060 g/mol. The van der Waals surface area contributed by atoms with Gasteiger partial charge >= 0.3 is 18.2 Å². The predicted octanol–water partition coefficient (Wildman–Crippen LogP) is 11.3. The molecule has 0 aromatic heterocycles. The Hall–Kier alpha value is -4.39. The Morgan fingerprint density at radius 3 is 0.880 bits per heavy atom. The van der Waals surface area contributed by atoms with Crippen LogP contribution in [0.2, 0.25) is 0 Å². The summed E-state index contributed by atoms with van der Waals surface area (Å²) in [7, 11) is 0. The van der Waals surface area contributed by atoms with Crippen LogP contribution in [0, 0.1) is 46.3 Å². The number of nitrogens with one attached hydrogen (secondary N) is 2. The number of aliphatic imine (C=N–C) groups is 4. The number of carbonyl (C=O) groups is 2. The van der Waals surface area contributed by atoms with Crippen molar-refractivity contribution in [1.82, 2.24) is 20.4 Å². The van der Waals surface area contributed by atoms with Gasteiger partial charge in [-0.25, -0.2) is 9.59 Å². The number of amides is 2. The van der Waals surface area contributed by atoms with Crippen molar-refractivity contribution < 1.29 is 27.9 Å². The van der Waals surface area contributed by atoms with Gasteiger partial charge in [-0.3, -0.25) is 20.0 Å². The summed E-state index contributed by atoms with van der Waals surface area (Å²) in [5.74, 6) is 4.84. The maximum atomic E-state index is 14.6. The zero-order valence-corrected chi connectivity index (χ0v) is 51.5. The molecule has 8 saturated carbocycles. The van der Waals surface area contributed by atoms with Gasteiger partial charge in [-0.15, -0.1) is 0 Å². The standard InChI is InChI=1S/C61H116N14O.C2HF3O2/c62-55(63)68-27-17-9-1-5-13-21-33-74(35-23-15-7-3-11-19-29-70-57(66)72-31-25-60-43-49-37-50(44-60)39-51(38-49)45-60)59(76)75(34-22-14-6-2-10-18-28-69-56(64)65)36-24-16-8-4-12-20-30-71-58(67)73-32-26-61-46-52-40-53(47-61)42-54(41-52)48-61;3-2(4,5)1(6)7/h49-54H,1-48H2,(H4,62,63,68)(H4,64,65,69)(H3,66,70,72)(H3,67,71,73);(H,6,7). The Morgan fingerprint density at radius 1 is 0.410 bits per heavy atom. The first-order valence-electron chi connectivity index (χ1n) is 33.4. The molecule has 0 heterocycles. The maximum Gasteiger partial charge on any atom is 0.490 e. The van der Waals surface area contributed by atoms with E-state index in [9.17, 15) is 18.0 Å². The molecule has 83 heavy (non-hydrogen) atoms. The molecule has 0 radical (unpaired) electrons. The SMILES string of the molecule is NC(N)=NCCCCCCCCN(CCCCCCCCN=C(N)NCCC12CC3CC(CC(C3)C1)C2)C(=O)N(CCCCCCCCN=C(N)N)CCCCCCCCN=C(N)NCCC12CC3CC(CC(C3)C1)C2.O=C(O)C(F)(F)F. The highest BCUT2D eigenvalue weighted by Gasteiger charge is 2.51. The number of carboxylic acids is 1. The second kappa shape index (κ2) is 37.9. The number of urea groups is 1. The van der Waals surface area contributed by atoms with Crippen LogP contribution in [0.5, 0.6) is 0 Å². The van der Waals surface area contributed by atoms with Crippen molar-refractivity contribution in [3.05, 3.63) is 0 Å². The van der Waals surface area contributed by atoms with Crippen molar-refractivity contribution in [3.63, 3.8) is 0 Å². The van der Waals surface area contributed by atoms with Gasteiger partial charge in [0.1, 0.15) is 0 Å². The number of carbonyl (C=O) groups excluding carboxylic acids is 1. The molecule has 8 bridgehead atoms. The first kappa shape index (κ1) is 69.4. The highest BCUT2D eigenvalue weighted by atomic mass is 19.4. The molecule has 0 saturated heterocycles. The average Bonchev–Trinajstić information content (AvgIpc) is 3.62. The molecule has 17 nitrogen and oxygen atoms in total. The highest BCUT2D eigenvalue weighted by Crippen LogP contribution is 2.62. The van der Waals surface area contributed by atoms with Crippen molar-refractivity contribution in [2.45, 2.75) is 250 Å². The Labute approximate surface area is 498 Å². The number of carboxylic acid groups (broad SMARTS) is 1. The van der Waals surface area contributed by atoms with Gasteiger partial charge in [-0.2, -0.15) is 13.2 Å². The monoisotopic (exact) mass is 1170 g/mol. The van der Waals surface area contributed by atoms with E-state index < -0.39 is 12.1 Å². The summed E-state index contributed by atoms with van der Waals surface area (Å²) in [5.41, 5.74) is 35.9. The molecule has 0 aliphatic heterocycles. The summed E-state index contributed by atoms with van der Waals surface area (Å²) in [5, 5.41) is 14.1. The van der Waals surface area contributed by atoms with Crippen molar-refractivity contribution >= 4 is 35.8 Å². The van der Waals surface area contributed by atoms with Crippen LogP contribution in [-0.2, 0) is 4.79 Å². The van der Waals surface area contributed by atoms with Gasteiger partial charge in [-0.05, 0) is 188 Å². The van der Waals surface area contributed by atoms with Crippen LogP contribution < -0.4 is 45.0 Å². The number of guanidine groups is 4. The second-order valence-corrected chi connectivity index (χ2v) is 26.9. The number of aliphatic carboxylic acids is 1. The average molecular weight is 1180 g/mol. The van der Waals surface area contributed by atoms with E-state index in [2.05, 4.69) is 30.4 Å². The zero-order valence-electron chi connectivity index (χ0n) is 51.5. The number of nitrogens with zero attached hydrogens (tertiary/aromatic N) is 6. The predicted molar refractivity (Wildman–Crippen MR) is 334 cm³/mol. The highest BCUT2D eigenvalue weighted by molar-refractivity contribution is 5.78. The second-order valence-electron chi connectivity index (χ2n) is 26.9. The van der Waals surface area contributed by atoms with Crippen LogP contribution in [0.4, 0.5) is 18.0 Å². The minimum absolute atomic E-state index is 0.174. The van der Waals surface area contributed by atoms with Crippen LogP contribution in [0.25, 0.3) is 0 Å². The molecule has 8 aliphatic carbocycles. The Kier molecular flexibility index (Phi) is 31.7. The normalized spacial score (nSPS) is 25.0. The van der Waals surface area contributed by atoms with Crippen LogP contribution in [0.1, 0.15) is 244 Å². The summed E-state index contributed by atoms with van der Waals surface area (Å²) in [6, 6.07) is 0.249. The summed E-state index contributed by atoms with van der Waals surface area (Å²) >= 11 is 0. The fourth-order valence-corrected chi connectivity index (χ4v) is 16.3. The molecule has 8 aliphatic rings. The lowest BCUT2D eigenvalue weighted by molar-refractivity contribution is -0.192. The number of rotatable bonds is 42. The first-order valence-corrected chi connectivity index (χ1v) is 33.4. The van der Waals surface area contributed by atoms with Gasteiger partial charge in [0.2, 0.25) is 0 Å². The van der Waals surface area contributed by atoms with Gasteiger partial charge in [0.05, 0.1) is 0 Å². The van der Waals surface area contributed by atoms with Crippen LogP contribution in [-0.4, -0.2) is 122 Å². The summed E-state index contributed by atoms with van der Waals surface area (Å²) in [4.78, 5) is 45.5. The molecule has 8 fully saturated rings. The first-order chi connectivity index (χ1) is 39.9. The van der Waals surface area contributed by atoms with Crippen molar-refractivity contribution in [2.24, 2.45) is 101 Å². The molecule has 15 N–H and O–H groups in total. The number of nitrogens with two attached hydrogens (primary N) is 6. The summed E-state index contributed by atoms with van der Waals surface area (Å²) < 4.78 is 31.7. The minimum Gasteiger partial charge on any atom is -0.475 e. The lowest BCUT2D eigenvalue weighted by Gasteiger charge is -2.57. The smallest absolute Gasteiger partial charge is 0.475 e. The van der Waals surface area contributed by atoms with E-state index in [1.54, 1.807) is 0 Å². The number of halogens is 3. The lowest BCUT2D eigenvalue weighted by Crippen LogP contribution is -2.47. The van der Waals surface area contributed by atoms with E-state index >= 15 is 0 Å².